The van der Waals surface area contributed by atoms with Crippen LogP contribution in [-0.2, 0) is 4.79 Å². The van der Waals surface area contributed by atoms with Crippen molar-refractivity contribution in [1.82, 2.24) is 0 Å². The summed E-state index contributed by atoms with van der Waals surface area (Å²) in [4.78, 5) is 20.8. The fraction of sp³-hybridized carbons (Fsp3) is 0.0455. The molecule has 0 aromatic heterocycles. The van der Waals surface area contributed by atoms with E-state index >= 15 is 0 Å². The van der Waals surface area contributed by atoms with Gasteiger partial charge in [-0.05, 0) is 48.5 Å². The predicted molar refractivity (Wildman–Crippen MR) is 126 cm³/mol. The van der Waals surface area contributed by atoms with E-state index in [2.05, 4.69) is 47.2 Å². The summed E-state index contributed by atoms with van der Waals surface area (Å²) in [5.74, 6) is -0.139. The molecular weight excluding hydrogens is 514 g/mol. The number of hydrogen-bond acceptors (Lipinski definition) is 5. The lowest BCUT2D eigenvalue weighted by molar-refractivity contribution is -0.114. The van der Waals surface area contributed by atoms with Crippen molar-refractivity contribution in [1.29, 1.82) is 0 Å². The van der Waals surface area contributed by atoms with E-state index in [0.29, 0.717) is 22.5 Å². The van der Waals surface area contributed by atoms with Crippen LogP contribution in [0.2, 0.25) is 0 Å². The van der Waals surface area contributed by atoms with Crippen LogP contribution in [0.15, 0.2) is 79.6 Å². The molecule has 0 aliphatic heterocycles. The van der Waals surface area contributed by atoms with Crippen molar-refractivity contribution in [2.24, 2.45) is 9.98 Å². The van der Waals surface area contributed by atoms with Crippen LogP contribution in [0.4, 0.5) is 11.4 Å². The van der Waals surface area contributed by atoms with Crippen molar-refractivity contribution in [3.8, 4) is 11.5 Å². The number of nitrogens with one attached hydrogen (secondary N) is 1. The molecule has 1 amide bonds. The standard InChI is InChI=1S/C22H17Br2N3O3/c23-16-5-7-20(28)14(9-16)11-25-13-22(30)27-19-4-2-1-3-18(19)26-12-15-10-17(24)6-8-21(15)29/h1-12,28-29H,13H2,(H,27,30). The van der Waals surface area contributed by atoms with Crippen LogP contribution in [0.1, 0.15) is 11.1 Å². The van der Waals surface area contributed by atoms with Gasteiger partial charge in [-0.2, -0.15) is 0 Å². The number of amides is 1. The number of phenolic OH excluding ortho intramolecular Hbond substituents is 2. The van der Waals surface area contributed by atoms with Gasteiger partial charge in [0.1, 0.15) is 18.0 Å². The fourth-order valence-corrected chi connectivity index (χ4v) is 3.26. The Balaban J connectivity index is 1.69. The van der Waals surface area contributed by atoms with E-state index in [1.165, 1.54) is 12.4 Å². The number of hydrogen-bond donors (Lipinski definition) is 3. The van der Waals surface area contributed by atoms with Gasteiger partial charge in [-0.15, -0.1) is 0 Å². The molecule has 0 aliphatic carbocycles. The van der Waals surface area contributed by atoms with Crippen LogP contribution in [0, 0.1) is 0 Å². The molecule has 3 aromatic rings. The second kappa shape index (κ2) is 10.2. The molecule has 0 atom stereocenters. The summed E-state index contributed by atoms with van der Waals surface area (Å²) in [6.45, 7) is -0.115. The zero-order chi connectivity index (χ0) is 21.5. The summed E-state index contributed by atoms with van der Waals surface area (Å²) in [5.41, 5.74) is 2.12. The highest BCUT2D eigenvalue weighted by molar-refractivity contribution is 9.10. The van der Waals surface area contributed by atoms with E-state index in [0.717, 1.165) is 8.95 Å². The Morgan fingerprint density at radius 1 is 0.900 bits per heavy atom. The number of anilines is 1. The molecule has 3 N–H and O–H groups in total. The smallest absolute Gasteiger partial charge is 0.246 e. The maximum Gasteiger partial charge on any atom is 0.246 e. The van der Waals surface area contributed by atoms with Crippen LogP contribution in [0.3, 0.4) is 0 Å². The molecule has 0 spiro atoms. The molecule has 8 heteroatoms. The number of carbonyl (C=O) groups is 1. The van der Waals surface area contributed by atoms with E-state index in [9.17, 15) is 15.0 Å². The van der Waals surface area contributed by atoms with Gasteiger partial charge in [-0.25, -0.2) is 0 Å². The number of para-hydroxylation sites is 2. The van der Waals surface area contributed by atoms with Crippen LogP contribution in [0.25, 0.3) is 0 Å². The van der Waals surface area contributed by atoms with Crippen molar-refractivity contribution < 1.29 is 15.0 Å². The fourth-order valence-electron chi connectivity index (χ4n) is 2.51. The first kappa shape index (κ1) is 21.7. The summed E-state index contributed by atoms with van der Waals surface area (Å²) in [6.07, 6.45) is 2.97. The SMILES string of the molecule is O=C(CN=Cc1cc(Br)ccc1O)Nc1ccccc1N=Cc1cc(Br)ccc1O. The van der Waals surface area contributed by atoms with Crippen LogP contribution in [0.5, 0.6) is 11.5 Å². The monoisotopic (exact) mass is 529 g/mol. The number of aliphatic imine (C=N–C) groups is 2. The molecule has 3 aromatic carbocycles. The van der Waals surface area contributed by atoms with Gasteiger partial charge < -0.3 is 15.5 Å². The number of aromatic hydroxyl groups is 2. The molecule has 0 radical (unpaired) electrons. The minimum Gasteiger partial charge on any atom is -0.507 e. The molecule has 0 bridgehead atoms. The number of benzene rings is 3. The largest absolute Gasteiger partial charge is 0.507 e. The topological polar surface area (TPSA) is 94.3 Å². The van der Waals surface area contributed by atoms with Gasteiger partial charge in [0.25, 0.3) is 0 Å². The lowest BCUT2D eigenvalue weighted by Gasteiger charge is -2.07. The maximum absolute atomic E-state index is 12.3. The number of rotatable bonds is 6. The minimum atomic E-state index is -0.325. The van der Waals surface area contributed by atoms with Crippen molar-refractivity contribution >= 4 is 61.6 Å². The van der Waals surface area contributed by atoms with E-state index in [4.69, 9.17) is 0 Å². The highest BCUT2D eigenvalue weighted by atomic mass is 79.9. The van der Waals surface area contributed by atoms with Crippen LogP contribution >= 0.6 is 31.9 Å². The zero-order valence-corrected chi connectivity index (χ0v) is 18.8. The molecule has 0 heterocycles. The third-order valence-electron chi connectivity index (χ3n) is 3.97. The first-order chi connectivity index (χ1) is 14.4. The minimum absolute atomic E-state index is 0.0813. The number of halogens is 2. The first-order valence-corrected chi connectivity index (χ1v) is 10.4. The quantitative estimate of drug-likeness (QED) is 0.371. The second-order valence-corrected chi connectivity index (χ2v) is 8.03. The normalized spacial score (nSPS) is 11.3. The highest BCUT2D eigenvalue weighted by Crippen LogP contribution is 2.26. The van der Waals surface area contributed by atoms with Gasteiger partial charge in [0, 0.05) is 32.5 Å². The van der Waals surface area contributed by atoms with E-state index in [1.54, 1.807) is 60.7 Å². The average Bonchev–Trinajstić information content (AvgIpc) is 2.72. The number of carbonyl (C=O) groups excluding carboxylic acids is 1. The van der Waals surface area contributed by atoms with E-state index < -0.39 is 0 Å². The van der Waals surface area contributed by atoms with Crippen molar-refractivity contribution in [3.63, 3.8) is 0 Å². The predicted octanol–water partition coefficient (Wildman–Crippen LogP) is 5.43. The maximum atomic E-state index is 12.3. The van der Waals surface area contributed by atoms with Gasteiger partial charge >= 0.3 is 0 Å². The lowest BCUT2D eigenvalue weighted by atomic mass is 10.2. The Morgan fingerprint density at radius 3 is 2.17 bits per heavy atom. The third kappa shape index (κ3) is 6.01. The Hall–Kier alpha value is -2.97. The average molecular weight is 531 g/mol. The Kier molecular flexibility index (Phi) is 7.37. The summed E-state index contributed by atoms with van der Waals surface area (Å²) in [6, 6.07) is 17.1. The number of nitrogens with zero attached hydrogens (tertiary/aromatic N) is 2. The molecule has 6 nitrogen and oxygen atoms in total. The summed E-state index contributed by atoms with van der Waals surface area (Å²) < 4.78 is 1.62. The number of phenols is 2. The molecule has 0 saturated carbocycles. The summed E-state index contributed by atoms with van der Waals surface area (Å²) in [7, 11) is 0. The lowest BCUT2D eigenvalue weighted by Crippen LogP contribution is -2.15. The second-order valence-electron chi connectivity index (χ2n) is 6.20. The van der Waals surface area contributed by atoms with Crippen LogP contribution < -0.4 is 5.32 Å². The summed E-state index contributed by atoms with van der Waals surface area (Å²) >= 11 is 6.68. The molecule has 0 aliphatic rings. The zero-order valence-electron chi connectivity index (χ0n) is 15.6. The van der Waals surface area contributed by atoms with E-state index in [-0.39, 0.29) is 24.0 Å². The third-order valence-corrected chi connectivity index (χ3v) is 4.95. The summed E-state index contributed by atoms with van der Waals surface area (Å²) in [5, 5.41) is 22.5. The van der Waals surface area contributed by atoms with Gasteiger partial charge in [0.05, 0.1) is 11.4 Å². The molecule has 0 fully saturated rings. The Morgan fingerprint density at radius 2 is 1.50 bits per heavy atom. The van der Waals surface area contributed by atoms with Gasteiger partial charge in [0.15, 0.2) is 0 Å². The van der Waals surface area contributed by atoms with Crippen LogP contribution in [-0.4, -0.2) is 35.1 Å². The Bertz CT molecular complexity index is 1130. The van der Waals surface area contributed by atoms with Gasteiger partial charge in [-0.1, -0.05) is 44.0 Å². The van der Waals surface area contributed by atoms with Crippen molar-refractivity contribution in [2.75, 3.05) is 11.9 Å². The highest BCUT2D eigenvalue weighted by Gasteiger charge is 2.06. The molecule has 0 saturated heterocycles. The Labute approximate surface area is 190 Å². The van der Waals surface area contributed by atoms with Gasteiger partial charge in [-0.3, -0.25) is 14.8 Å². The van der Waals surface area contributed by atoms with Crippen molar-refractivity contribution in [2.45, 2.75) is 0 Å². The molecule has 3 rings (SSSR count). The first-order valence-electron chi connectivity index (χ1n) is 8.82. The molecule has 0 unspecified atom stereocenters. The van der Waals surface area contributed by atoms with Crippen molar-refractivity contribution in [3.05, 3.63) is 80.7 Å². The van der Waals surface area contributed by atoms with Gasteiger partial charge in [0.2, 0.25) is 5.91 Å². The molecular formula is C22H17Br2N3O3. The molecule has 152 valence electrons. The molecule has 30 heavy (non-hydrogen) atoms. The van der Waals surface area contributed by atoms with E-state index in [1.807, 2.05) is 0 Å².